The van der Waals surface area contributed by atoms with E-state index in [1.165, 1.54) is 165 Å². The Bertz CT molecular complexity index is 3080. The van der Waals surface area contributed by atoms with Gasteiger partial charge in [0, 0.05) is 39.4 Å². The molecule has 69 heavy (non-hydrogen) atoms. The summed E-state index contributed by atoms with van der Waals surface area (Å²) in [5.41, 5.74) is 23.9. The van der Waals surface area contributed by atoms with Gasteiger partial charge in [0.1, 0.15) is 0 Å². The van der Waals surface area contributed by atoms with Crippen molar-refractivity contribution in [2.45, 2.75) is 121 Å². The van der Waals surface area contributed by atoms with Gasteiger partial charge in [0.05, 0.1) is 5.69 Å². The fourth-order valence-electron chi connectivity index (χ4n) is 12.8. The molecule has 2 heteroatoms. The van der Waals surface area contributed by atoms with E-state index in [-0.39, 0.29) is 5.41 Å². The van der Waals surface area contributed by atoms with Crippen molar-refractivity contribution in [1.82, 2.24) is 0 Å². The molecule has 8 aromatic carbocycles. The first-order valence-electron chi connectivity index (χ1n) is 26.4. The highest BCUT2D eigenvalue weighted by atomic mass is 15.2. The van der Waals surface area contributed by atoms with Gasteiger partial charge in [-0.25, -0.2) is 0 Å². The van der Waals surface area contributed by atoms with Crippen LogP contribution in [0.5, 0.6) is 0 Å². The van der Waals surface area contributed by atoms with Crippen LogP contribution in [-0.4, -0.2) is 0 Å². The Kier molecular flexibility index (Phi) is 11.8. The zero-order valence-electron chi connectivity index (χ0n) is 40.8. The average Bonchev–Trinajstić information content (AvgIpc) is 3.63. The molecule has 0 spiro atoms. The van der Waals surface area contributed by atoms with Gasteiger partial charge in [0.25, 0.3) is 0 Å². The predicted molar refractivity (Wildman–Crippen MR) is 292 cm³/mol. The number of hydrogen-bond donors (Lipinski definition) is 0. The average molecular weight is 899 g/mol. The van der Waals surface area contributed by atoms with Crippen LogP contribution in [0.15, 0.2) is 182 Å². The Labute approximate surface area is 411 Å². The SMILES string of the molecule is CC1(C)c2ccccc2-c2cc(-c3ccccc3)c(N(c3ccc(C4CCCCC4)cc3)c3cc4ccc3CCc3ccc(c(N(c5ccccc5)c5ccc(C6CCCCC6)cc5)c3)CC4)cc21. The van der Waals surface area contributed by atoms with Gasteiger partial charge >= 0.3 is 0 Å². The molecule has 0 heterocycles. The maximum absolute atomic E-state index is 2.65. The van der Waals surface area contributed by atoms with Gasteiger partial charge in [-0.2, -0.15) is 0 Å². The zero-order valence-corrected chi connectivity index (χ0v) is 40.8. The summed E-state index contributed by atoms with van der Waals surface area (Å²) < 4.78 is 0. The molecule has 7 aliphatic carbocycles. The minimum absolute atomic E-state index is 0.136. The molecule has 2 nitrogen and oxygen atoms in total. The van der Waals surface area contributed by atoms with Crippen LogP contribution in [0.25, 0.3) is 22.3 Å². The van der Waals surface area contributed by atoms with E-state index < -0.39 is 0 Å². The second-order valence-electron chi connectivity index (χ2n) is 21.2. The summed E-state index contributed by atoms with van der Waals surface area (Å²) in [6, 6.07) is 70.6. The standard InChI is InChI=1S/C67H66N2/c1-67(2)62-26-16-15-25-59(62)61-45-60(53-21-11-5-12-22-53)66(46-63(61)67)69(58-41-37-52(38-42-58)50-19-9-4-10-20-50)65-44-48-28-32-54-31-27-47(29-33-55(65)34-30-48)43-64(54)68(56-23-13-6-14-24-56)57-39-35-51(36-40-57)49-17-7-3-8-18-49/h5-6,11-16,21-27,30-31,34-46,49-50H,3-4,7-10,17-20,28-29,32-33H2,1-2H3. The van der Waals surface area contributed by atoms with Crippen LogP contribution in [0.3, 0.4) is 0 Å². The number of fused-ring (bicyclic) bond motifs is 3. The summed E-state index contributed by atoms with van der Waals surface area (Å²) in [6.45, 7) is 4.84. The number of aryl methyl sites for hydroxylation is 4. The topological polar surface area (TPSA) is 6.48 Å². The van der Waals surface area contributed by atoms with Gasteiger partial charge in [-0.3, -0.25) is 0 Å². The summed E-state index contributed by atoms with van der Waals surface area (Å²) in [7, 11) is 0. The van der Waals surface area contributed by atoms with Crippen LogP contribution >= 0.6 is 0 Å². The lowest BCUT2D eigenvalue weighted by molar-refractivity contribution is 0.443. The molecule has 0 saturated heterocycles. The number of rotatable bonds is 9. The van der Waals surface area contributed by atoms with E-state index in [1.54, 1.807) is 0 Å². The third-order valence-electron chi connectivity index (χ3n) is 16.6. The van der Waals surface area contributed by atoms with Crippen molar-refractivity contribution >= 4 is 34.1 Å². The van der Waals surface area contributed by atoms with Gasteiger partial charge in [-0.05, 0) is 185 Å². The maximum atomic E-state index is 2.65. The Morgan fingerprint density at radius 2 is 0.855 bits per heavy atom. The fourth-order valence-corrected chi connectivity index (χ4v) is 12.8. The monoisotopic (exact) mass is 899 g/mol. The highest BCUT2D eigenvalue weighted by Crippen LogP contribution is 2.54. The molecule has 0 aromatic heterocycles. The Morgan fingerprint density at radius 3 is 1.43 bits per heavy atom. The quantitative estimate of drug-likeness (QED) is 0.142. The van der Waals surface area contributed by atoms with Crippen LogP contribution in [0, 0.1) is 0 Å². The van der Waals surface area contributed by atoms with E-state index in [2.05, 4.69) is 206 Å². The maximum Gasteiger partial charge on any atom is 0.0543 e. The molecule has 0 aliphatic heterocycles. The van der Waals surface area contributed by atoms with E-state index in [9.17, 15) is 0 Å². The lowest BCUT2D eigenvalue weighted by atomic mass is 9.81. The molecular weight excluding hydrogens is 833 g/mol. The molecule has 0 radical (unpaired) electrons. The fraction of sp³-hybridized carbons (Fsp3) is 0.284. The Hall–Kier alpha value is -6.64. The van der Waals surface area contributed by atoms with Crippen LogP contribution in [0.4, 0.5) is 34.1 Å². The summed E-state index contributed by atoms with van der Waals surface area (Å²) in [5, 5.41) is 0. The molecule has 344 valence electrons. The van der Waals surface area contributed by atoms with Crippen LogP contribution in [0.2, 0.25) is 0 Å². The summed E-state index contributed by atoms with van der Waals surface area (Å²) in [5.74, 6) is 1.34. The molecule has 2 saturated carbocycles. The third-order valence-corrected chi connectivity index (χ3v) is 16.6. The number of nitrogens with zero attached hydrogens (tertiary/aromatic N) is 2. The van der Waals surface area contributed by atoms with E-state index in [1.807, 2.05) is 0 Å². The first-order valence-corrected chi connectivity index (χ1v) is 26.4. The van der Waals surface area contributed by atoms with E-state index >= 15 is 0 Å². The molecule has 15 rings (SSSR count). The summed E-state index contributed by atoms with van der Waals surface area (Å²) in [6.07, 6.45) is 17.1. The molecule has 4 bridgehead atoms. The Balaban J connectivity index is 0.977. The lowest BCUT2D eigenvalue weighted by Gasteiger charge is -2.33. The number of para-hydroxylation sites is 1. The second-order valence-corrected chi connectivity index (χ2v) is 21.2. The van der Waals surface area contributed by atoms with Gasteiger partial charge in [-0.1, -0.05) is 174 Å². The molecule has 0 N–H and O–H groups in total. The van der Waals surface area contributed by atoms with Gasteiger partial charge < -0.3 is 9.80 Å². The zero-order chi connectivity index (χ0) is 46.3. The predicted octanol–water partition coefficient (Wildman–Crippen LogP) is 18.6. The number of anilines is 6. The summed E-state index contributed by atoms with van der Waals surface area (Å²) in [4.78, 5) is 5.18. The molecular formula is C67H66N2. The van der Waals surface area contributed by atoms with Crippen molar-refractivity contribution in [3.8, 4) is 22.3 Å². The minimum atomic E-state index is -0.136. The first kappa shape index (κ1) is 43.6. The minimum Gasteiger partial charge on any atom is -0.310 e. The van der Waals surface area contributed by atoms with Crippen molar-refractivity contribution in [3.05, 3.63) is 226 Å². The highest BCUT2D eigenvalue weighted by molar-refractivity contribution is 5.95. The normalized spacial score (nSPS) is 16.6. The number of benzene rings is 8. The second kappa shape index (κ2) is 18.7. The van der Waals surface area contributed by atoms with Gasteiger partial charge in [0.15, 0.2) is 0 Å². The van der Waals surface area contributed by atoms with E-state index in [0.29, 0.717) is 11.8 Å². The van der Waals surface area contributed by atoms with Crippen molar-refractivity contribution in [2.24, 2.45) is 0 Å². The van der Waals surface area contributed by atoms with Crippen LogP contribution in [-0.2, 0) is 31.1 Å². The van der Waals surface area contributed by atoms with Crippen molar-refractivity contribution in [2.75, 3.05) is 9.80 Å². The molecule has 0 atom stereocenters. The summed E-state index contributed by atoms with van der Waals surface area (Å²) >= 11 is 0. The van der Waals surface area contributed by atoms with E-state index in [0.717, 1.165) is 25.7 Å². The van der Waals surface area contributed by atoms with Gasteiger partial charge in [0.2, 0.25) is 0 Å². The largest absolute Gasteiger partial charge is 0.310 e. The molecule has 2 fully saturated rings. The van der Waals surface area contributed by atoms with Crippen molar-refractivity contribution in [1.29, 1.82) is 0 Å². The Morgan fingerprint density at radius 1 is 0.362 bits per heavy atom. The molecule has 0 amide bonds. The van der Waals surface area contributed by atoms with E-state index in [4.69, 9.17) is 0 Å². The van der Waals surface area contributed by atoms with Crippen LogP contribution < -0.4 is 9.80 Å². The molecule has 0 unspecified atom stereocenters. The third kappa shape index (κ3) is 8.41. The lowest BCUT2D eigenvalue weighted by Crippen LogP contribution is -2.18. The van der Waals surface area contributed by atoms with Crippen LogP contribution in [0.1, 0.15) is 134 Å². The van der Waals surface area contributed by atoms with Gasteiger partial charge in [-0.15, -0.1) is 0 Å². The smallest absolute Gasteiger partial charge is 0.0543 e. The molecule has 8 aromatic rings. The van der Waals surface area contributed by atoms with Crippen molar-refractivity contribution in [3.63, 3.8) is 0 Å². The van der Waals surface area contributed by atoms with Crippen molar-refractivity contribution < 1.29 is 0 Å². The number of hydrogen-bond acceptors (Lipinski definition) is 2. The molecule has 7 aliphatic rings. The first-order chi connectivity index (χ1) is 34.0. The highest BCUT2D eigenvalue weighted by Gasteiger charge is 2.37.